The fourth-order valence-electron chi connectivity index (χ4n) is 5.10. The lowest BCUT2D eigenvalue weighted by molar-refractivity contribution is -0.385. The lowest BCUT2D eigenvalue weighted by atomic mass is 10.1. The first-order chi connectivity index (χ1) is 26.0. The first-order valence-corrected chi connectivity index (χ1v) is 19.9. The minimum absolute atomic E-state index is 0.00775. The van der Waals surface area contributed by atoms with Crippen LogP contribution < -0.4 is 9.50 Å². The van der Waals surface area contributed by atoms with Crippen molar-refractivity contribution in [3.05, 3.63) is 137 Å². The zero-order chi connectivity index (χ0) is 39.5. The molecular weight excluding hydrogens is 777 g/mol. The van der Waals surface area contributed by atoms with Gasteiger partial charge in [0.2, 0.25) is 0 Å². The van der Waals surface area contributed by atoms with Crippen LogP contribution >= 0.6 is 0 Å². The van der Waals surface area contributed by atoms with Gasteiger partial charge < -0.3 is 9.50 Å². The molecule has 3 N–H and O–H groups in total. The molecule has 0 aliphatic heterocycles. The maximum absolute atomic E-state index is 12.6. The number of nitro benzene ring substituents is 1. The van der Waals surface area contributed by atoms with Crippen molar-refractivity contribution in [1.82, 2.24) is 0 Å². The minimum Gasteiger partial charge on any atom is -0.379 e. The average molecular weight is 803 g/mol. The third-order valence-electron chi connectivity index (χ3n) is 7.73. The van der Waals surface area contributed by atoms with Crippen molar-refractivity contribution >= 4 is 80.9 Å². The number of rotatable bonds is 12. The van der Waals surface area contributed by atoms with Crippen LogP contribution in [0.2, 0.25) is 0 Å². The summed E-state index contributed by atoms with van der Waals surface area (Å²) in [5, 5.41) is 30.9. The molecule has 0 aromatic heterocycles. The Labute approximate surface area is 313 Å². The molecule has 280 valence electrons. The second-order valence-electron chi connectivity index (χ2n) is 11.6. The molecule has 6 aromatic carbocycles. The second-order valence-corrected chi connectivity index (χ2v) is 15.9. The molecule has 17 nitrogen and oxygen atoms in total. The van der Waals surface area contributed by atoms with Gasteiger partial charge in [-0.1, -0.05) is 29.8 Å². The number of nitro groups is 1. The zero-order valence-corrected chi connectivity index (χ0v) is 30.5. The number of aryl methyl sites for hydroxylation is 1. The van der Waals surface area contributed by atoms with Crippen LogP contribution in [0.25, 0.3) is 10.8 Å². The number of non-ortho nitro benzene ring substituents is 1. The first kappa shape index (κ1) is 38.3. The Kier molecular flexibility index (Phi) is 10.5. The maximum Gasteiger partial charge on any atom is 0.339 e. The van der Waals surface area contributed by atoms with Gasteiger partial charge in [0.15, 0.2) is 0 Å². The van der Waals surface area contributed by atoms with Gasteiger partial charge in [0, 0.05) is 28.6 Å². The summed E-state index contributed by atoms with van der Waals surface area (Å²) in [5.74, 6) is 0.0232. The molecule has 0 spiro atoms. The van der Waals surface area contributed by atoms with Crippen molar-refractivity contribution in [2.75, 3.05) is 5.32 Å². The monoisotopic (exact) mass is 802 g/mol. The highest BCUT2D eigenvalue weighted by Gasteiger charge is 2.21. The minimum atomic E-state index is -4.81. The molecule has 55 heavy (non-hydrogen) atoms. The third-order valence-corrected chi connectivity index (χ3v) is 10.8. The van der Waals surface area contributed by atoms with E-state index in [2.05, 4.69) is 25.8 Å². The third kappa shape index (κ3) is 9.03. The number of nitrogens with zero attached hydrogens (tertiary/aromatic N) is 5. The Morgan fingerprint density at radius 1 is 0.655 bits per heavy atom. The molecule has 6 aromatic rings. The van der Waals surface area contributed by atoms with Crippen LogP contribution in [0.15, 0.2) is 156 Å². The molecule has 0 saturated carbocycles. The van der Waals surface area contributed by atoms with E-state index in [-0.39, 0.29) is 44.2 Å². The SMILES string of the molecule is Cc1ccc(S(=O)(=O)Oc2ccc(N=Nc3ccc(N=Nc4ccc(Nc5ccc([N+](=O)[O-])cc5S(=O)(=O)O)cc4)c4cccc(S(=O)(=O)O)c34)cc2)cc1. The van der Waals surface area contributed by atoms with E-state index < -0.39 is 50.8 Å². The molecule has 0 fully saturated rings. The summed E-state index contributed by atoms with van der Waals surface area (Å²) in [7, 11) is -13.7. The van der Waals surface area contributed by atoms with E-state index in [1.165, 1.54) is 84.9 Å². The van der Waals surface area contributed by atoms with Gasteiger partial charge in [-0.3, -0.25) is 19.2 Å². The lowest BCUT2D eigenvalue weighted by Crippen LogP contribution is -2.09. The topological polar surface area (TPSA) is 257 Å². The molecule has 0 unspecified atom stereocenters. The zero-order valence-electron chi connectivity index (χ0n) is 28.1. The Morgan fingerprint density at radius 3 is 1.84 bits per heavy atom. The number of fused-ring (bicyclic) bond motifs is 1. The maximum atomic E-state index is 12.6. The summed E-state index contributed by atoms with van der Waals surface area (Å²) >= 11 is 0. The predicted molar refractivity (Wildman–Crippen MR) is 200 cm³/mol. The van der Waals surface area contributed by atoms with Gasteiger partial charge in [0.25, 0.3) is 25.9 Å². The normalized spacial score (nSPS) is 12.3. The largest absolute Gasteiger partial charge is 0.379 e. The van der Waals surface area contributed by atoms with Crippen molar-refractivity contribution in [3.8, 4) is 5.75 Å². The summed E-state index contributed by atoms with van der Waals surface area (Å²) in [6.45, 7) is 1.82. The fourth-order valence-corrected chi connectivity index (χ4v) is 7.42. The average Bonchev–Trinajstić information content (AvgIpc) is 3.13. The van der Waals surface area contributed by atoms with E-state index in [1.807, 2.05) is 6.92 Å². The molecule has 0 saturated heterocycles. The van der Waals surface area contributed by atoms with Crippen LogP contribution in [0.4, 0.5) is 39.8 Å². The summed E-state index contributed by atoms with van der Waals surface area (Å²) in [6.07, 6.45) is 0. The van der Waals surface area contributed by atoms with Gasteiger partial charge in [-0.05, 0) is 91.9 Å². The van der Waals surface area contributed by atoms with Crippen molar-refractivity contribution in [1.29, 1.82) is 0 Å². The lowest BCUT2D eigenvalue weighted by Gasteiger charge is -2.10. The highest BCUT2D eigenvalue weighted by atomic mass is 32.2. The van der Waals surface area contributed by atoms with Gasteiger partial charge in [-0.2, -0.15) is 35.5 Å². The predicted octanol–water partition coefficient (Wildman–Crippen LogP) is 8.89. The van der Waals surface area contributed by atoms with Crippen LogP contribution in [0.5, 0.6) is 5.75 Å². The Hall–Kier alpha value is -6.45. The Morgan fingerprint density at radius 2 is 1.24 bits per heavy atom. The van der Waals surface area contributed by atoms with Crippen LogP contribution in [0.1, 0.15) is 5.56 Å². The van der Waals surface area contributed by atoms with Gasteiger partial charge in [-0.15, -0.1) is 10.2 Å². The van der Waals surface area contributed by atoms with E-state index in [0.29, 0.717) is 11.4 Å². The fraction of sp³-hybridized carbons (Fsp3) is 0.0286. The van der Waals surface area contributed by atoms with Crippen molar-refractivity contribution < 1.29 is 43.5 Å². The highest BCUT2D eigenvalue weighted by Crippen LogP contribution is 2.39. The van der Waals surface area contributed by atoms with E-state index in [0.717, 1.165) is 23.8 Å². The van der Waals surface area contributed by atoms with Crippen molar-refractivity contribution in [2.45, 2.75) is 21.6 Å². The summed E-state index contributed by atoms with van der Waals surface area (Å²) in [4.78, 5) is 9.11. The first-order valence-electron chi connectivity index (χ1n) is 15.6. The van der Waals surface area contributed by atoms with E-state index in [4.69, 9.17) is 4.18 Å². The molecule has 0 heterocycles. The molecule has 0 bridgehead atoms. The summed E-state index contributed by atoms with van der Waals surface area (Å²) < 4.78 is 98.7. The smallest absolute Gasteiger partial charge is 0.339 e. The van der Waals surface area contributed by atoms with Gasteiger partial charge in [0.05, 0.1) is 33.4 Å². The number of benzene rings is 6. The number of hydrogen-bond acceptors (Lipinski definition) is 14. The number of azo groups is 2. The molecule has 0 amide bonds. The molecule has 6 rings (SSSR count). The van der Waals surface area contributed by atoms with E-state index in [9.17, 15) is 44.5 Å². The summed E-state index contributed by atoms with van der Waals surface area (Å²) in [5.41, 5.74) is 1.40. The number of hydrogen-bond donors (Lipinski definition) is 3. The van der Waals surface area contributed by atoms with Crippen molar-refractivity contribution in [3.63, 3.8) is 0 Å². The second kappa shape index (κ2) is 15.1. The van der Waals surface area contributed by atoms with Crippen molar-refractivity contribution in [2.24, 2.45) is 20.5 Å². The van der Waals surface area contributed by atoms with Crippen LogP contribution in [-0.4, -0.2) is 39.3 Å². The van der Waals surface area contributed by atoms with Crippen LogP contribution in [0.3, 0.4) is 0 Å². The van der Waals surface area contributed by atoms with E-state index in [1.54, 1.807) is 18.2 Å². The molecule has 20 heteroatoms. The molecule has 0 radical (unpaired) electrons. The summed E-state index contributed by atoms with van der Waals surface area (Å²) in [6, 6.07) is 27.8. The highest BCUT2D eigenvalue weighted by molar-refractivity contribution is 7.87. The molecule has 0 atom stereocenters. The van der Waals surface area contributed by atoms with E-state index >= 15 is 0 Å². The Bertz CT molecular complexity index is 2850. The van der Waals surface area contributed by atoms with Crippen LogP contribution in [-0.2, 0) is 30.4 Å². The standard InChI is InChI=1S/C35H26N6O11S3/c1-22-5-16-28(17-6-22)55(50,51)52-27-14-11-25(12-15-27)38-40-32-20-19-30(29-3-2-4-33(35(29)32)53(44,45)46)39-37-24-9-7-23(8-10-24)36-31-18-13-26(41(42)43)21-34(31)54(47,48)49/h2-21,36H,1H3,(H,44,45,46)(H,47,48,49). The quantitative estimate of drug-likeness (QED) is 0.0344. The number of nitrogens with one attached hydrogen (secondary N) is 1. The molecular formula is C35H26N6O11S3. The molecule has 0 aliphatic carbocycles. The van der Waals surface area contributed by atoms with Gasteiger partial charge >= 0.3 is 10.1 Å². The van der Waals surface area contributed by atoms with Crippen LogP contribution in [0, 0.1) is 17.0 Å². The van der Waals surface area contributed by atoms with Gasteiger partial charge in [0.1, 0.15) is 20.4 Å². The van der Waals surface area contributed by atoms with Gasteiger partial charge in [-0.25, -0.2) is 0 Å². The molecule has 0 aliphatic rings. The number of anilines is 2. The Balaban J connectivity index is 1.25.